The minimum absolute atomic E-state index is 0.0413. The van der Waals surface area contributed by atoms with E-state index in [1.54, 1.807) is 7.11 Å². The van der Waals surface area contributed by atoms with Crippen LogP contribution >= 0.6 is 0 Å². The molecule has 0 saturated heterocycles. The lowest BCUT2D eigenvalue weighted by atomic mass is 9.83. The SMILES string of the molecule is CCNC(=NCC1(CCOC)CCCC1)NCCC(=O)NCc1ccccc1. The van der Waals surface area contributed by atoms with E-state index in [0.29, 0.717) is 19.5 Å². The molecule has 6 heteroatoms. The van der Waals surface area contributed by atoms with E-state index in [4.69, 9.17) is 9.73 Å². The normalized spacial score (nSPS) is 16.0. The fourth-order valence-corrected chi connectivity index (χ4v) is 3.70. The van der Waals surface area contributed by atoms with Gasteiger partial charge in [-0.05, 0) is 37.2 Å². The van der Waals surface area contributed by atoms with E-state index in [1.807, 2.05) is 30.3 Å². The zero-order valence-electron chi connectivity index (χ0n) is 17.4. The molecule has 0 heterocycles. The highest BCUT2D eigenvalue weighted by Crippen LogP contribution is 2.41. The first kappa shape index (κ1) is 22.2. The van der Waals surface area contributed by atoms with Crippen molar-refractivity contribution in [2.24, 2.45) is 10.4 Å². The zero-order valence-corrected chi connectivity index (χ0v) is 17.4. The Balaban J connectivity index is 1.76. The van der Waals surface area contributed by atoms with Crippen LogP contribution in [-0.4, -0.2) is 45.2 Å². The van der Waals surface area contributed by atoms with Crippen LogP contribution < -0.4 is 16.0 Å². The summed E-state index contributed by atoms with van der Waals surface area (Å²) in [4.78, 5) is 16.9. The number of hydrogen-bond donors (Lipinski definition) is 3. The van der Waals surface area contributed by atoms with Crippen molar-refractivity contribution in [1.29, 1.82) is 0 Å². The Morgan fingerprint density at radius 3 is 2.57 bits per heavy atom. The molecule has 0 aromatic heterocycles. The molecule has 1 aliphatic carbocycles. The number of rotatable bonds is 11. The number of guanidine groups is 1. The maximum atomic E-state index is 12.1. The number of nitrogens with one attached hydrogen (secondary N) is 3. The number of nitrogens with zero attached hydrogens (tertiary/aromatic N) is 1. The second-order valence-corrected chi connectivity index (χ2v) is 7.58. The summed E-state index contributed by atoms with van der Waals surface area (Å²) in [5.41, 5.74) is 1.38. The topological polar surface area (TPSA) is 74.8 Å². The van der Waals surface area contributed by atoms with Gasteiger partial charge in [0.2, 0.25) is 5.91 Å². The second-order valence-electron chi connectivity index (χ2n) is 7.58. The van der Waals surface area contributed by atoms with Crippen LogP contribution in [0.4, 0.5) is 0 Å². The van der Waals surface area contributed by atoms with Crippen LogP contribution in [0.1, 0.15) is 51.0 Å². The molecule has 0 unspecified atom stereocenters. The van der Waals surface area contributed by atoms with Gasteiger partial charge in [-0.2, -0.15) is 0 Å². The first-order valence-corrected chi connectivity index (χ1v) is 10.5. The molecule has 0 aliphatic heterocycles. The minimum atomic E-state index is 0.0413. The van der Waals surface area contributed by atoms with Crippen molar-refractivity contribution in [2.45, 2.75) is 52.0 Å². The van der Waals surface area contributed by atoms with Crippen LogP contribution in [0.5, 0.6) is 0 Å². The van der Waals surface area contributed by atoms with Gasteiger partial charge < -0.3 is 20.7 Å². The molecular weight excluding hydrogens is 352 g/mol. The predicted octanol–water partition coefficient (Wildman–Crippen LogP) is 2.84. The van der Waals surface area contributed by atoms with Crippen molar-refractivity contribution in [2.75, 3.05) is 33.4 Å². The Morgan fingerprint density at radius 2 is 1.89 bits per heavy atom. The number of aliphatic imine (C=N–C) groups is 1. The molecule has 6 nitrogen and oxygen atoms in total. The fraction of sp³-hybridized carbons (Fsp3) is 0.636. The van der Waals surface area contributed by atoms with Gasteiger partial charge in [-0.25, -0.2) is 0 Å². The van der Waals surface area contributed by atoms with Gasteiger partial charge in [-0.15, -0.1) is 0 Å². The van der Waals surface area contributed by atoms with E-state index in [0.717, 1.165) is 37.6 Å². The molecule has 1 aromatic carbocycles. The van der Waals surface area contributed by atoms with E-state index in [1.165, 1.54) is 25.7 Å². The minimum Gasteiger partial charge on any atom is -0.385 e. The van der Waals surface area contributed by atoms with E-state index in [2.05, 4.69) is 22.9 Å². The molecule has 0 radical (unpaired) electrons. The number of methoxy groups -OCH3 is 1. The average molecular weight is 389 g/mol. The molecule has 1 saturated carbocycles. The number of hydrogen-bond acceptors (Lipinski definition) is 3. The molecule has 1 fully saturated rings. The Morgan fingerprint density at radius 1 is 1.14 bits per heavy atom. The van der Waals surface area contributed by atoms with Gasteiger partial charge in [-0.3, -0.25) is 9.79 Å². The predicted molar refractivity (Wildman–Crippen MR) is 114 cm³/mol. The molecule has 0 bridgehead atoms. The van der Waals surface area contributed by atoms with Crippen molar-refractivity contribution in [3.05, 3.63) is 35.9 Å². The van der Waals surface area contributed by atoms with Gasteiger partial charge in [0.25, 0.3) is 0 Å². The van der Waals surface area contributed by atoms with Crippen LogP contribution in [0.3, 0.4) is 0 Å². The van der Waals surface area contributed by atoms with E-state index >= 15 is 0 Å². The molecule has 1 aromatic rings. The molecule has 1 amide bonds. The fourth-order valence-electron chi connectivity index (χ4n) is 3.70. The van der Waals surface area contributed by atoms with Crippen molar-refractivity contribution in [3.63, 3.8) is 0 Å². The van der Waals surface area contributed by atoms with Gasteiger partial charge in [0, 0.05) is 46.3 Å². The Hall–Kier alpha value is -2.08. The molecular formula is C22H36N4O2. The summed E-state index contributed by atoms with van der Waals surface area (Å²) in [6.45, 7) is 5.59. The van der Waals surface area contributed by atoms with Crippen LogP contribution in [-0.2, 0) is 16.1 Å². The molecule has 0 atom stereocenters. The average Bonchev–Trinajstić information content (AvgIpc) is 3.19. The van der Waals surface area contributed by atoms with Crippen LogP contribution in [0.15, 0.2) is 35.3 Å². The number of amides is 1. The van der Waals surface area contributed by atoms with Gasteiger partial charge in [0.15, 0.2) is 5.96 Å². The van der Waals surface area contributed by atoms with Crippen molar-refractivity contribution in [1.82, 2.24) is 16.0 Å². The Bertz CT molecular complexity index is 598. The standard InChI is InChI=1S/C22H36N4O2/c1-3-23-21(26-18-22(14-16-28-2)12-7-8-13-22)24-15-11-20(27)25-17-19-9-5-4-6-10-19/h4-6,9-10H,3,7-8,11-18H2,1-2H3,(H,25,27)(H2,23,24,26). The smallest absolute Gasteiger partial charge is 0.222 e. The third-order valence-electron chi connectivity index (χ3n) is 5.39. The summed E-state index contributed by atoms with van der Waals surface area (Å²) < 4.78 is 5.31. The lowest BCUT2D eigenvalue weighted by Gasteiger charge is -2.27. The summed E-state index contributed by atoms with van der Waals surface area (Å²) in [7, 11) is 1.76. The molecule has 2 rings (SSSR count). The molecule has 156 valence electrons. The highest BCUT2D eigenvalue weighted by molar-refractivity contribution is 5.81. The summed E-state index contributed by atoms with van der Waals surface area (Å²) in [6.07, 6.45) is 6.50. The molecule has 0 spiro atoms. The van der Waals surface area contributed by atoms with Gasteiger partial charge in [-0.1, -0.05) is 43.2 Å². The van der Waals surface area contributed by atoms with Crippen LogP contribution in [0, 0.1) is 5.41 Å². The summed E-state index contributed by atoms with van der Waals surface area (Å²) in [5.74, 6) is 0.835. The maximum Gasteiger partial charge on any atom is 0.222 e. The molecule has 3 N–H and O–H groups in total. The third kappa shape index (κ3) is 7.89. The monoisotopic (exact) mass is 388 g/mol. The summed E-state index contributed by atoms with van der Waals surface area (Å²) in [5, 5.41) is 9.54. The van der Waals surface area contributed by atoms with Crippen LogP contribution in [0.25, 0.3) is 0 Å². The number of ether oxygens (including phenoxy) is 1. The number of carbonyl (C=O) groups is 1. The van der Waals surface area contributed by atoms with E-state index in [9.17, 15) is 4.79 Å². The number of benzene rings is 1. The second kappa shape index (κ2) is 12.4. The maximum absolute atomic E-state index is 12.1. The molecule has 28 heavy (non-hydrogen) atoms. The van der Waals surface area contributed by atoms with Gasteiger partial charge in [0.05, 0.1) is 0 Å². The van der Waals surface area contributed by atoms with Crippen LogP contribution in [0.2, 0.25) is 0 Å². The van der Waals surface area contributed by atoms with E-state index < -0.39 is 0 Å². The van der Waals surface area contributed by atoms with Crippen molar-refractivity contribution < 1.29 is 9.53 Å². The quantitative estimate of drug-likeness (QED) is 0.403. The van der Waals surface area contributed by atoms with Gasteiger partial charge in [0.1, 0.15) is 0 Å². The van der Waals surface area contributed by atoms with Crippen molar-refractivity contribution >= 4 is 11.9 Å². The number of carbonyl (C=O) groups excluding carboxylic acids is 1. The molecule has 1 aliphatic rings. The van der Waals surface area contributed by atoms with Gasteiger partial charge >= 0.3 is 0 Å². The highest BCUT2D eigenvalue weighted by Gasteiger charge is 2.33. The summed E-state index contributed by atoms with van der Waals surface area (Å²) in [6, 6.07) is 9.95. The Kier molecular flexibility index (Phi) is 9.83. The first-order chi connectivity index (χ1) is 13.7. The lowest BCUT2D eigenvalue weighted by Crippen LogP contribution is -2.40. The summed E-state index contributed by atoms with van der Waals surface area (Å²) >= 11 is 0. The highest BCUT2D eigenvalue weighted by atomic mass is 16.5. The largest absolute Gasteiger partial charge is 0.385 e. The zero-order chi connectivity index (χ0) is 20.1. The lowest BCUT2D eigenvalue weighted by molar-refractivity contribution is -0.121. The third-order valence-corrected chi connectivity index (χ3v) is 5.39. The Labute approximate surface area is 169 Å². The first-order valence-electron chi connectivity index (χ1n) is 10.5. The van der Waals surface area contributed by atoms with E-state index in [-0.39, 0.29) is 11.3 Å². The van der Waals surface area contributed by atoms with Crippen molar-refractivity contribution in [3.8, 4) is 0 Å².